The lowest BCUT2D eigenvalue weighted by molar-refractivity contribution is -0.201. The van der Waals surface area contributed by atoms with E-state index >= 15 is 0 Å². The summed E-state index contributed by atoms with van der Waals surface area (Å²) in [4.78, 5) is 24.8. The second-order valence-corrected chi connectivity index (χ2v) is 5.88. The molecule has 1 aromatic carbocycles. The predicted octanol–water partition coefficient (Wildman–Crippen LogP) is 1.77. The minimum absolute atomic E-state index is 0.120. The molecule has 0 aromatic heterocycles. The van der Waals surface area contributed by atoms with Crippen molar-refractivity contribution in [2.75, 3.05) is 26.9 Å². The molecule has 0 saturated carbocycles. The van der Waals surface area contributed by atoms with Gasteiger partial charge >= 0.3 is 12.1 Å². The third-order valence-electron chi connectivity index (χ3n) is 4.25. The number of carbonyl (C=O) groups is 2. The Labute approximate surface area is 141 Å². The lowest BCUT2D eigenvalue weighted by atomic mass is 10.0. The van der Waals surface area contributed by atoms with Gasteiger partial charge in [0.15, 0.2) is 6.04 Å². The molecule has 1 atom stereocenters. The van der Waals surface area contributed by atoms with Gasteiger partial charge in [0.1, 0.15) is 12.4 Å². The monoisotopic (exact) mass is 359 g/mol. The van der Waals surface area contributed by atoms with Crippen LogP contribution >= 0.6 is 0 Å². The molecule has 3 rings (SSSR count). The van der Waals surface area contributed by atoms with E-state index < -0.39 is 36.6 Å². The highest BCUT2D eigenvalue weighted by Gasteiger charge is 2.49. The standard InChI is InChI=1S/C16H16F3NO5/c1-23-15(22)9-2-3-10-5-20(14(21)11-6-24-7-11)13(16(17,18)19)8-25-12(10)4-9/h2-4,11,13H,5-8H2,1H3. The molecule has 2 heterocycles. The summed E-state index contributed by atoms with van der Waals surface area (Å²) < 4.78 is 55.1. The molecule has 0 bridgehead atoms. The summed E-state index contributed by atoms with van der Waals surface area (Å²) in [6.45, 7) is -0.749. The van der Waals surface area contributed by atoms with Gasteiger partial charge in [-0.1, -0.05) is 6.07 Å². The first-order valence-electron chi connectivity index (χ1n) is 7.60. The number of rotatable bonds is 2. The Bertz CT molecular complexity index is 687. The van der Waals surface area contributed by atoms with Gasteiger partial charge in [0, 0.05) is 5.56 Å². The highest BCUT2D eigenvalue weighted by Crippen LogP contribution is 2.34. The molecule has 1 saturated heterocycles. The van der Waals surface area contributed by atoms with Gasteiger partial charge < -0.3 is 19.1 Å². The van der Waals surface area contributed by atoms with Crippen molar-refractivity contribution in [3.8, 4) is 5.75 Å². The summed E-state index contributed by atoms with van der Waals surface area (Å²) in [6, 6.07) is 2.17. The average Bonchev–Trinajstić information content (AvgIpc) is 2.70. The number of carbonyl (C=O) groups excluding carboxylic acids is 2. The average molecular weight is 359 g/mol. The molecular formula is C16H16F3NO5. The number of nitrogens with zero attached hydrogens (tertiary/aromatic N) is 1. The van der Waals surface area contributed by atoms with Crippen LogP contribution in [0, 0.1) is 5.92 Å². The molecule has 1 unspecified atom stereocenters. The Morgan fingerprint density at radius 1 is 1.24 bits per heavy atom. The van der Waals surface area contributed by atoms with Crippen LogP contribution in [0.25, 0.3) is 0 Å². The van der Waals surface area contributed by atoms with E-state index in [1.165, 1.54) is 25.3 Å². The van der Waals surface area contributed by atoms with Crippen LogP contribution in [0.1, 0.15) is 15.9 Å². The Balaban J connectivity index is 1.93. The van der Waals surface area contributed by atoms with Crippen LogP contribution < -0.4 is 4.74 Å². The summed E-state index contributed by atoms with van der Waals surface area (Å²) in [7, 11) is 1.20. The smallest absolute Gasteiger partial charge is 0.412 e. The molecule has 0 aliphatic carbocycles. The number of amides is 1. The SMILES string of the molecule is COC(=O)c1ccc2c(c1)OCC(C(F)(F)F)N(C(=O)C1COC1)C2. The molecule has 2 aliphatic rings. The fourth-order valence-corrected chi connectivity index (χ4v) is 2.73. The molecule has 25 heavy (non-hydrogen) atoms. The summed E-state index contributed by atoms with van der Waals surface area (Å²) in [5.41, 5.74) is 0.560. The Kier molecular flexibility index (Phi) is 4.59. The highest BCUT2D eigenvalue weighted by atomic mass is 19.4. The number of benzene rings is 1. The summed E-state index contributed by atoms with van der Waals surface area (Å²) >= 11 is 0. The van der Waals surface area contributed by atoms with E-state index in [9.17, 15) is 22.8 Å². The Hall–Kier alpha value is -2.29. The van der Waals surface area contributed by atoms with Crippen molar-refractivity contribution in [2.45, 2.75) is 18.8 Å². The summed E-state index contributed by atoms with van der Waals surface area (Å²) in [6.07, 6.45) is -4.63. The van der Waals surface area contributed by atoms with E-state index in [0.717, 1.165) is 4.90 Å². The first-order valence-corrected chi connectivity index (χ1v) is 7.60. The highest BCUT2D eigenvalue weighted by molar-refractivity contribution is 5.90. The van der Waals surface area contributed by atoms with E-state index in [2.05, 4.69) is 4.74 Å². The number of hydrogen-bond donors (Lipinski definition) is 0. The van der Waals surface area contributed by atoms with E-state index in [4.69, 9.17) is 9.47 Å². The number of alkyl halides is 3. The fraction of sp³-hybridized carbons (Fsp3) is 0.500. The molecule has 2 aliphatic heterocycles. The predicted molar refractivity (Wildman–Crippen MR) is 78.0 cm³/mol. The van der Waals surface area contributed by atoms with Crippen LogP contribution in [0.5, 0.6) is 5.75 Å². The minimum atomic E-state index is -4.63. The van der Waals surface area contributed by atoms with Crippen LogP contribution in [0.3, 0.4) is 0 Å². The van der Waals surface area contributed by atoms with E-state index in [-0.39, 0.29) is 31.1 Å². The van der Waals surface area contributed by atoms with Crippen molar-refractivity contribution in [1.29, 1.82) is 0 Å². The van der Waals surface area contributed by atoms with Gasteiger partial charge in [-0.2, -0.15) is 13.2 Å². The minimum Gasteiger partial charge on any atom is -0.491 e. The molecule has 0 N–H and O–H groups in total. The van der Waals surface area contributed by atoms with Crippen molar-refractivity contribution in [3.63, 3.8) is 0 Å². The fourth-order valence-electron chi connectivity index (χ4n) is 2.73. The van der Waals surface area contributed by atoms with Crippen LogP contribution in [-0.2, 0) is 20.8 Å². The Morgan fingerprint density at radius 2 is 1.96 bits per heavy atom. The van der Waals surface area contributed by atoms with Crippen molar-refractivity contribution < 1.29 is 37.0 Å². The zero-order valence-electron chi connectivity index (χ0n) is 13.3. The topological polar surface area (TPSA) is 65.1 Å². The van der Waals surface area contributed by atoms with Crippen molar-refractivity contribution in [3.05, 3.63) is 29.3 Å². The van der Waals surface area contributed by atoms with Crippen LogP contribution in [-0.4, -0.2) is 55.9 Å². The van der Waals surface area contributed by atoms with Crippen LogP contribution in [0.15, 0.2) is 18.2 Å². The third kappa shape index (κ3) is 3.41. The van der Waals surface area contributed by atoms with Crippen LogP contribution in [0.4, 0.5) is 13.2 Å². The van der Waals surface area contributed by atoms with Gasteiger partial charge in [-0.25, -0.2) is 4.79 Å². The molecule has 1 amide bonds. The zero-order valence-corrected chi connectivity index (χ0v) is 13.3. The maximum absolute atomic E-state index is 13.4. The van der Waals surface area contributed by atoms with E-state index in [1.807, 2.05) is 0 Å². The van der Waals surface area contributed by atoms with Gasteiger partial charge in [-0.15, -0.1) is 0 Å². The lowest BCUT2D eigenvalue weighted by Gasteiger charge is -2.35. The van der Waals surface area contributed by atoms with E-state index in [0.29, 0.717) is 5.56 Å². The quantitative estimate of drug-likeness (QED) is 0.753. The zero-order chi connectivity index (χ0) is 18.2. The van der Waals surface area contributed by atoms with Gasteiger partial charge in [0.2, 0.25) is 5.91 Å². The normalized spacial score (nSPS) is 20.8. The molecule has 1 fully saturated rings. The first-order chi connectivity index (χ1) is 11.8. The molecular weight excluding hydrogens is 343 g/mol. The van der Waals surface area contributed by atoms with Crippen LogP contribution in [0.2, 0.25) is 0 Å². The number of hydrogen-bond acceptors (Lipinski definition) is 5. The molecule has 6 nitrogen and oxygen atoms in total. The first kappa shape index (κ1) is 17.5. The third-order valence-corrected chi connectivity index (χ3v) is 4.25. The van der Waals surface area contributed by atoms with Crippen molar-refractivity contribution >= 4 is 11.9 Å². The maximum Gasteiger partial charge on any atom is 0.412 e. The summed E-state index contributed by atoms with van der Waals surface area (Å²) in [5.74, 6) is -1.66. The second kappa shape index (κ2) is 6.55. The molecule has 136 valence electrons. The van der Waals surface area contributed by atoms with Crippen molar-refractivity contribution in [2.24, 2.45) is 5.92 Å². The van der Waals surface area contributed by atoms with Gasteiger partial charge in [-0.3, -0.25) is 4.79 Å². The second-order valence-electron chi connectivity index (χ2n) is 5.88. The molecule has 9 heteroatoms. The number of esters is 1. The molecule has 1 aromatic rings. The molecule has 0 radical (unpaired) electrons. The number of methoxy groups -OCH3 is 1. The van der Waals surface area contributed by atoms with Gasteiger partial charge in [-0.05, 0) is 12.1 Å². The van der Waals surface area contributed by atoms with Gasteiger partial charge in [0.25, 0.3) is 0 Å². The number of ether oxygens (including phenoxy) is 3. The lowest BCUT2D eigenvalue weighted by Crippen LogP contribution is -2.54. The summed E-state index contributed by atoms with van der Waals surface area (Å²) in [5, 5.41) is 0. The van der Waals surface area contributed by atoms with Gasteiger partial charge in [0.05, 0.1) is 38.3 Å². The van der Waals surface area contributed by atoms with Crippen molar-refractivity contribution in [1.82, 2.24) is 4.90 Å². The maximum atomic E-state index is 13.4. The van der Waals surface area contributed by atoms with E-state index in [1.54, 1.807) is 0 Å². The number of halogens is 3. The number of fused-ring (bicyclic) bond motifs is 1. The Morgan fingerprint density at radius 3 is 2.52 bits per heavy atom. The molecule has 0 spiro atoms. The largest absolute Gasteiger partial charge is 0.491 e.